The van der Waals surface area contributed by atoms with Crippen LogP contribution in [0.2, 0.25) is 0 Å². The van der Waals surface area contributed by atoms with Gasteiger partial charge in [-0.05, 0) is 7.05 Å². The maximum atomic E-state index is 10.7. The topological polar surface area (TPSA) is 107 Å². The van der Waals surface area contributed by atoms with Crippen LogP contribution in [-0.4, -0.2) is 93.1 Å². The van der Waals surface area contributed by atoms with Gasteiger partial charge in [-0.3, -0.25) is 14.2 Å². The molecular weight excluding hydrogens is 288 g/mol. The Morgan fingerprint density at radius 1 is 1.15 bits per heavy atom. The second-order valence-corrected chi connectivity index (χ2v) is 6.14. The first-order valence-electron chi connectivity index (χ1n) is 6.31. The van der Waals surface area contributed by atoms with E-state index in [1.165, 1.54) is 0 Å². The summed E-state index contributed by atoms with van der Waals surface area (Å²) in [6.07, 6.45) is 0.0690. The fraction of sp³-hybridized carbons (Fsp3) is 0.909. The third-order valence-electron chi connectivity index (χ3n) is 2.78. The number of hydrogen-bond donors (Lipinski definition) is 2. The lowest BCUT2D eigenvalue weighted by atomic mass is 10.4. The van der Waals surface area contributed by atoms with E-state index < -0.39 is 16.1 Å². The van der Waals surface area contributed by atoms with Crippen LogP contribution >= 0.6 is 0 Å². The van der Waals surface area contributed by atoms with Crippen LogP contribution in [0.5, 0.6) is 0 Å². The average Bonchev–Trinajstić information content (AvgIpc) is 2.34. The number of hydrogen-bond acceptors (Lipinski definition) is 6. The smallest absolute Gasteiger partial charge is 0.304 e. The quantitative estimate of drug-likeness (QED) is 0.452. The summed E-state index contributed by atoms with van der Waals surface area (Å²) < 4.78 is 35.2. The second-order valence-electron chi connectivity index (χ2n) is 4.57. The molecular formula is C11H24N2O6S. The number of carboxylic acid groups (broad SMARTS) is 1. The summed E-state index contributed by atoms with van der Waals surface area (Å²) in [5.41, 5.74) is 0. The van der Waals surface area contributed by atoms with Crippen molar-refractivity contribution in [2.75, 3.05) is 59.2 Å². The van der Waals surface area contributed by atoms with Gasteiger partial charge in [0.25, 0.3) is 10.1 Å². The van der Waals surface area contributed by atoms with E-state index in [0.717, 1.165) is 0 Å². The van der Waals surface area contributed by atoms with Gasteiger partial charge in [-0.1, -0.05) is 0 Å². The highest BCUT2D eigenvalue weighted by Gasteiger charge is 2.11. The average molecular weight is 312 g/mol. The predicted molar refractivity (Wildman–Crippen MR) is 74.5 cm³/mol. The fourth-order valence-corrected chi connectivity index (χ4v) is 2.00. The number of carbonyl (C=O) groups is 1. The Labute approximate surface area is 120 Å². The Kier molecular flexibility index (Phi) is 9.68. The number of rotatable bonds is 12. The third kappa shape index (κ3) is 12.3. The van der Waals surface area contributed by atoms with Crippen molar-refractivity contribution in [1.29, 1.82) is 0 Å². The molecule has 0 aliphatic heterocycles. The highest BCUT2D eigenvalue weighted by molar-refractivity contribution is 7.85. The molecule has 0 aromatic carbocycles. The van der Waals surface area contributed by atoms with E-state index in [2.05, 4.69) is 0 Å². The summed E-state index contributed by atoms with van der Waals surface area (Å²) in [5.74, 6) is -1.17. The number of methoxy groups -OCH3 is 1. The molecule has 0 bridgehead atoms. The lowest BCUT2D eigenvalue weighted by molar-refractivity contribution is -0.137. The first-order valence-corrected chi connectivity index (χ1v) is 7.92. The summed E-state index contributed by atoms with van der Waals surface area (Å²) in [6.45, 7) is 2.86. The van der Waals surface area contributed by atoms with E-state index in [-0.39, 0.29) is 18.7 Å². The first-order chi connectivity index (χ1) is 9.24. The number of ether oxygens (including phenoxy) is 1. The van der Waals surface area contributed by atoms with Gasteiger partial charge < -0.3 is 14.7 Å². The standard InChI is InChI=1S/C11H24N2O6S/c1-12(4-3-11(14)15)5-6-13(7-9-19-2)8-10-20(16,17)18/h3-10H2,1-2H3,(H,14,15)(H,16,17,18). The van der Waals surface area contributed by atoms with Gasteiger partial charge in [0.15, 0.2) is 0 Å². The minimum absolute atomic E-state index is 0.0690. The van der Waals surface area contributed by atoms with Gasteiger partial charge in [-0.15, -0.1) is 0 Å². The maximum absolute atomic E-state index is 10.7. The minimum Gasteiger partial charge on any atom is -0.481 e. The molecule has 0 amide bonds. The molecule has 0 aromatic heterocycles. The zero-order valence-electron chi connectivity index (χ0n) is 12.0. The van der Waals surface area contributed by atoms with Gasteiger partial charge in [0, 0.05) is 39.8 Å². The monoisotopic (exact) mass is 312 g/mol. The molecule has 120 valence electrons. The molecule has 0 rings (SSSR count). The van der Waals surface area contributed by atoms with Crippen molar-refractivity contribution < 1.29 is 27.6 Å². The Morgan fingerprint density at radius 3 is 2.30 bits per heavy atom. The molecule has 0 heterocycles. The molecule has 0 spiro atoms. The van der Waals surface area contributed by atoms with E-state index in [1.807, 2.05) is 9.80 Å². The van der Waals surface area contributed by atoms with E-state index in [0.29, 0.717) is 32.8 Å². The van der Waals surface area contributed by atoms with Crippen LogP contribution < -0.4 is 0 Å². The number of aliphatic carboxylic acids is 1. The van der Waals surface area contributed by atoms with Crippen LogP contribution in [0.1, 0.15) is 6.42 Å². The van der Waals surface area contributed by atoms with E-state index in [1.54, 1.807) is 14.2 Å². The third-order valence-corrected chi connectivity index (χ3v) is 3.48. The molecule has 0 radical (unpaired) electrons. The number of carboxylic acids is 1. The molecule has 0 aliphatic carbocycles. The zero-order valence-corrected chi connectivity index (χ0v) is 12.8. The van der Waals surface area contributed by atoms with Crippen molar-refractivity contribution >= 4 is 16.1 Å². The molecule has 0 atom stereocenters. The van der Waals surface area contributed by atoms with Gasteiger partial charge in [-0.2, -0.15) is 8.42 Å². The van der Waals surface area contributed by atoms with Crippen molar-refractivity contribution in [3.8, 4) is 0 Å². The maximum Gasteiger partial charge on any atom is 0.304 e. The van der Waals surface area contributed by atoms with Crippen molar-refractivity contribution in [3.63, 3.8) is 0 Å². The van der Waals surface area contributed by atoms with Crippen LogP contribution in [0.3, 0.4) is 0 Å². The Morgan fingerprint density at radius 2 is 1.80 bits per heavy atom. The minimum atomic E-state index is -3.98. The molecule has 9 heteroatoms. The van der Waals surface area contributed by atoms with E-state index in [4.69, 9.17) is 14.4 Å². The molecule has 0 saturated carbocycles. The normalized spacial score (nSPS) is 12.2. The number of likely N-dealkylation sites (N-methyl/N-ethyl adjacent to an activating group) is 1. The van der Waals surface area contributed by atoms with Crippen molar-refractivity contribution in [3.05, 3.63) is 0 Å². The van der Waals surface area contributed by atoms with Crippen LogP contribution in [0, 0.1) is 0 Å². The molecule has 0 fully saturated rings. The van der Waals surface area contributed by atoms with E-state index >= 15 is 0 Å². The summed E-state index contributed by atoms with van der Waals surface area (Å²) in [6, 6.07) is 0. The van der Waals surface area contributed by atoms with Gasteiger partial charge in [0.05, 0.1) is 18.8 Å². The highest BCUT2D eigenvalue weighted by atomic mass is 32.2. The van der Waals surface area contributed by atoms with Gasteiger partial charge in [0.2, 0.25) is 0 Å². The molecule has 8 nitrogen and oxygen atoms in total. The molecule has 0 saturated heterocycles. The predicted octanol–water partition coefficient (Wildman–Crippen LogP) is -0.771. The zero-order chi connectivity index (χ0) is 15.6. The van der Waals surface area contributed by atoms with Gasteiger partial charge >= 0.3 is 5.97 Å². The molecule has 20 heavy (non-hydrogen) atoms. The Balaban J connectivity index is 4.10. The molecule has 2 N–H and O–H groups in total. The largest absolute Gasteiger partial charge is 0.481 e. The molecule has 0 unspecified atom stereocenters. The first kappa shape index (κ1) is 19.3. The summed E-state index contributed by atoms with van der Waals surface area (Å²) in [4.78, 5) is 14.2. The number of nitrogens with zero attached hydrogens (tertiary/aromatic N) is 2. The molecule has 0 aromatic rings. The summed E-state index contributed by atoms with van der Waals surface area (Å²) >= 11 is 0. The van der Waals surface area contributed by atoms with Crippen LogP contribution in [0.15, 0.2) is 0 Å². The summed E-state index contributed by atoms with van der Waals surface area (Å²) in [5, 5.41) is 8.58. The van der Waals surface area contributed by atoms with Crippen LogP contribution in [0.4, 0.5) is 0 Å². The molecule has 0 aliphatic rings. The Hall–Kier alpha value is -0.740. The SMILES string of the molecule is COCCN(CCN(C)CCC(=O)O)CCS(=O)(=O)O. The van der Waals surface area contributed by atoms with Crippen molar-refractivity contribution in [1.82, 2.24) is 9.80 Å². The highest BCUT2D eigenvalue weighted by Crippen LogP contribution is 1.95. The lowest BCUT2D eigenvalue weighted by Crippen LogP contribution is -2.38. The van der Waals surface area contributed by atoms with Crippen molar-refractivity contribution in [2.45, 2.75) is 6.42 Å². The second kappa shape index (κ2) is 10.1. The van der Waals surface area contributed by atoms with Gasteiger partial charge in [0.1, 0.15) is 0 Å². The van der Waals surface area contributed by atoms with Gasteiger partial charge in [-0.25, -0.2) is 0 Å². The van der Waals surface area contributed by atoms with Crippen LogP contribution in [0.25, 0.3) is 0 Å². The summed E-state index contributed by atoms with van der Waals surface area (Å²) in [7, 11) is -0.617. The van der Waals surface area contributed by atoms with Crippen molar-refractivity contribution in [2.24, 2.45) is 0 Å². The Bertz CT molecular complexity index is 373. The van der Waals surface area contributed by atoms with E-state index in [9.17, 15) is 13.2 Å². The fourth-order valence-electron chi connectivity index (χ4n) is 1.51. The van der Waals surface area contributed by atoms with Crippen LogP contribution in [-0.2, 0) is 19.6 Å². The lowest BCUT2D eigenvalue weighted by Gasteiger charge is -2.24.